The van der Waals surface area contributed by atoms with Crippen LogP contribution in [0.5, 0.6) is 0 Å². The maximum absolute atomic E-state index is 12.8. The number of aromatic nitrogens is 2. The molecule has 142 valence electrons. The zero-order valence-corrected chi connectivity index (χ0v) is 15.6. The second-order valence-corrected chi connectivity index (χ2v) is 6.93. The molecule has 1 aromatic heterocycles. The van der Waals surface area contributed by atoms with E-state index in [1.807, 2.05) is 0 Å². The molecule has 8 heteroatoms. The SMILES string of the molecule is CCOC(=O)N1CCN(C(=O)c2cc(N3CCCC(C)C3)ncn2)CC1. The average molecular weight is 361 g/mol. The monoisotopic (exact) mass is 361 g/mol. The molecule has 0 aromatic carbocycles. The first-order chi connectivity index (χ1) is 12.6. The van der Waals surface area contributed by atoms with Gasteiger partial charge >= 0.3 is 6.09 Å². The van der Waals surface area contributed by atoms with Crippen molar-refractivity contribution in [2.45, 2.75) is 26.7 Å². The fourth-order valence-electron chi connectivity index (χ4n) is 3.50. The molecule has 0 bridgehead atoms. The van der Waals surface area contributed by atoms with Gasteiger partial charge in [-0.2, -0.15) is 0 Å². The number of carbonyl (C=O) groups excluding carboxylic acids is 2. The molecule has 3 rings (SSSR count). The minimum absolute atomic E-state index is 0.109. The Hall–Kier alpha value is -2.38. The van der Waals surface area contributed by atoms with Gasteiger partial charge in [-0.3, -0.25) is 4.79 Å². The Balaban J connectivity index is 1.62. The lowest BCUT2D eigenvalue weighted by Crippen LogP contribution is -2.50. The van der Waals surface area contributed by atoms with Crippen molar-refractivity contribution in [3.8, 4) is 0 Å². The van der Waals surface area contributed by atoms with Gasteiger partial charge in [-0.15, -0.1) is 0 Å². The van der Waals surface area contributed by atoms with Crippen molar-refractivity contribution >= 4 is 17.8 Å². The summed E-state index contributed by atoms with van der Waals surface area (Å²) >= 11 is 0. The third-order valence-electron chi connectivity index (χ3n) is 4.95. The van der Waals surface area contributed by atoms with E-state index in [1.165, 1.54) is 12.7 Å². The first-order valence-corrected chi connectivity index (χ1v) is 9.36. The summed E-state index contributed by atoms with van der Waals surface area (Å²) in [5.74, 6) is 1.34. The van der Waals surface area contributed by atoms with Crippen molar-refractivity contribution in [1.82, 2.24) is 19.8 Å². The normalized spacial score (nSPS) is 20.8. The fraction of sp³-hybridized carbons (Fsp3) is 0.667. The molecule has 2 aliphatic rings. The third kappa shape index (κ3) is 4.23. The molecular formula is C18H27N5O3. The van der Waals surface area contributed by atoms with Crippen molar-refractivity contribution in [2.75, 3.05) is 50.8 Å². The predicted molar refractivity (Wildman–Crippen MR) is 97.1 cm³/mol. The fourth-order valence-corrected chi connectivity index (χ4v) is 3.50. The number of anilines is 1. The van der Waals surface area contributed by atoms with Crippen molar-refractivity contribution in [2.24, 2.45) is 5.92 Å². The molecule has 2 fully saturated rings. The van der Waals surface area contributed by atoms with Crippen LogP contribution in [0.15, 0.2) is 12.4 Å². The second-order valence-electron chi connectivity index (χ2n) is 6.93. The summed E-state index contributed by atoms with van der Waals surface area (Å²) in [6.07, 6.45) is 3.53. The van der Waals surface area contributed by atoms with Crippen LogP contribution in [-0.2, 0) is 4.74 Å². The van der Waals surface area contributed by atoms with Gasteiger partial charge in [-0.25, -0.2) is 14.8 Å². The van der Waals surface area contributed by atoms with E-state index in [-0.39, 0.29) is 12.0 Å². The Morgan fingerprint density at radius 3 is 2.58 bits per heavy atom. The van der Waals surface area contributed by atoms with Gasteiger partial charge < -0.3 is 19.4 Å². The van der Waals surface area contributed by atoms with E-state index in [9.17, 15) is 9.59 Å². The van der Waals surface area contributed by atoms with Crippen LogP contribution in [-0.4, -0.2) is 77.6 Å². The van der Waals surface area contributed by atoms with E-state index < -0.39 is 0 Å². The summed E-state index contributed by atoms with van der Waals surface area (Å²) in [7, 11) is 0. The Morgan fingerprint density at radius 1 is 1.15 bits per heavy atom. The number of piperidine rings is 1. The van der Waals surface area contributed by atoms with E-state index in [0.29, 0.717) is 44.4 Å². The largest absolute Gasteiger partial charge is 0.450 e. The predicted octanol–water partition coefficient (Wildman–Crippen LogP) is 1.63. The number of rotatable bonds is 3. The average Bonchev–Trinajstić information content (AvgIpc) is 2.68. The summed E-state index contributed by atoms with van der Waals surface area (Å²) in [6.45, 7) is 8.23. The van der Waals surface area contributed by atoms with Crippen molar-refractivity contribution in [3.05, 3.63) is 18.1 Å². The van der Waals surface area contributed by atoms with Crippen molar-refractivity contribution < 1.29 is 14.3 Å². The van der Waals surface area contributed by atoms with Gasteiger partial charge in [-0.05, 0) is 25.7 Å². The number of amides is 2. The van der Waals surface area contributed by atoms with E-state index in [1.54, 1.807) is 22.8 Å². The molecule has 0 aliphatic carbocycles. The van der Waals surface area contributed by atoms with Crippen molar-refractivity contribution in [3.63, 3.8) is 0 Å². The molecule has 0 saturated carbocycles. The number of carbonyl (C=O) groups is 2. The molecule has 3 heterocycles. The number of hydrogen-bond donors (Lipinski definition) is 0. The maximum Gasteiger partial charge on any atom is 0.409 e. The zero-order chi connectivity index (χ0) is 18.5. The minimum atomic E-state index is -0.317. The van der Waals surface area contributed by atoms with Crippen LogP contribution in [0.4, 0.5) is 10.6 Å². The molecule has 1 aromatic rings. The highest BCUT2D eigenvalue weighted by Crippen LogP contribution is 2.21. The minimum Gasteiger partial charge on any atom is -0.450 e. The van der Waals surface area contributed by atoms with Gasteiger partial charge in [0.15, 0.2) is 0 Å². The van der Waals surface area contributed by atoms with Crippen molar-refractivity contribution in [1.29, 1.82) is 0 Å². The summed E-state index contributed by atoms with van der Waals surface area (Å²) in [6, 6.07) is 1.79. The topological polar surface area (TPSA) is 78.9 Å². The van der Waals surface area contributed by atoms with Crippen LogP contribution in [0, 0.1) is 5.92 Å². The molecule has 2 amide bonds. The van der Waals surface area contributed by atoms with E-state index in [4.69, 9.17) is 4.74 Å². The maximum atomic E-state index is 12.8. The molecule has 0 radical (unpaired) electrons. The lowest BCUT2D eigenvalue weighted by atomic mass is 10.0. The van der Waals surface area contributed by atoms with Gasteiger partial charge in [0.2, 0.25) is 0 Å². The number of nitrogens with zero attached hydrogens (tertiary/aromatic N) is 5. The molecule has 2 aliphatic heterocycles. The van der Waals surface area contributed by atoms with Gasteiger partial charge in [0.25, 0.3) is 5.91 Å². The Morgan fingerprint density at radius 2 is 1.88 bits per heavy atom. The quantitative estimate of drug-likeness (QED) is 0.814. The molecule has 0 spiro atoms. The van der Waals surface area contributed by atoms with E-state index >= 15 is 0 Å². The van der Waals surface area contributed by atoms with Gasteiger partial charge in [0.05, 0.1) is 6.61 Å². The molecule has 0 N–H and O–H groups in total. The van der Waals surface area contributed by atoms with Crippen LogP contribution >= 0.6 is 0 Å². The molecule has 1 unspecified atom stereocenters. The summed E-state index contributed by atoms with van der Waals surface area (Å²) in [5.41, 5.74) is 0.415. The molecule has 26 heavy (non-hydrogen) atoms. The Kier molecular flexibility index (Phi) is 5.90. The first kappa shape index (κ1) is 18.4. The summed E-state index contributed by atoms with van der Waals surface area (Å²) in [5, 5.41) is 0. The number of piperazine rings is 1. The van der Waals surface area contributed by atoms with E-state index in [2.05, 4.69) is 21.8 Å². The smallest absolute Gasteiger partial charge is 0.409 e. The van der Waals surface area contributed by atoms with Crippen LogP contribution in [0.1, 0.15) is 37.2 Å². The van der Waals surface area contributed by atoms with Crippen LogP contribution < -0.4 is 4.90 Å². The standard InChI is InChI=1S/C18H27N5O3/c1-3-26-18(25)22-9-7-21(8-10-22)17(24)15-11-16(20-13-19-15)23-6-4-5-14(2)12-23/h11,13-14H,3-10,12H2,1-2H3. The second kappa shape index (κ2) is 8.33. The number of ether oxygens (including phenoxy) is 1. The van der Waals surface area contributed by atoms with Gasteiger partial charge in [0.1, 0.15) is 17.8 Å². The highest BCUT2D eigenvalue weighted by molar-refractivity contribution is 5.93. The Bertz CT molecular complexity index is 645. The van der Waals surface area contributed by atoms with Gasteiger partial charge in [0, 0.05) is 45.3 Å². The molecule has 8 nitrogen and oxygen atoms in total. The highest BCUT2D eigenvalue weighted by atomic mass is 16.6. The lowest BCUT2D eigenvalue weighted by Gasteiger charge is -2.34. The summed E-state index contributed by atoms with van der Waals surface area (Å²) < 4.78 is 5.01. The summed E-state index contributed by atoms with van der Waals surface area (Å²) in [4.78, 5) is 38.7. The van der Waals surface area contributed by atoms with E-state index in [0.717, 1.165) is 25.3 Å². The molecule has 1 atom stereocenters. The zero-order valence-electron chi connectivity index (χ0n) is 15.6. The molecule has 2 saturated heterocycles. The molecular weight excluding hydrogens is 334 g/mol. The van der Waals surface area contributed by atoms with Crippen LogP contribution in [0.25, 0.3) is 0 Å². The third-order valence-corrected chi connectivity index (χ3v) is 4.95. The first-order valence-electron chi connectivity index (χ1n) is 9.36. The highest BCUT2D eigenvalue weighted by Gasteiger charge is 2.27. The van der Waals surface area contributed by atoms with Crippen LogP contribution in [0.2, 0.25) is 0 Å². The number of hydrogen-bond acceptors (Lipinski definition) is 6. The Labute approximate surface area is 154 Å². The van der Waals surface area contributed by atoms with Gasteiger partial charge in [-0.1, -0.05) is 6.92 Å². The lowest BCUT2D eigenvalue weighted by molar-refractivity contribution is 0.0566. The van der Waals surface area contributed by atoms with Crippen LogP contribution in [0.3, 0.4) is 0 Å².